The summed E-state index contributed by atoms with van der Waals surface area (Å²) < 4.78 is 7.07. The fourth-order valence-electron chi connectivity index (χ4n) is 2.28. The van der Waals surface area contributed by atoms with E-state index >= 15 is 0 Å². The van der Waals surface area contributed by atoms with Crippen molar-refractivity contribution in [3.8, 4) is 0 Å². The van der Waals surface area contributed by atoms with Gasteiger partial charge in [0.15, 0.2) is 17.0 Å². The Hall–Kier alpha value is -2.47. The maximum absolute atomic E-state index is 5.11. The Morgan fingerprint density at radius 1 is 1.14 bits per heavy atom. The third-order valence-corrected chi connectivity index (χ3v) is 3.71. The first-order valence-electron chi connectivity index (χ1n) is 7.18. The zero-order valence-corrected chi connectivity index (χ0v) is 13.0. The predicted octanol–water partition coefficient (Wildman–Crippen LogP) is 2.83. The molecule has 0 radical (unpaired) electrons. The van der Waals surface area contributed by atoms with Crippen LogP contribution in [-0.4, -0.2) is 33.2 Å². The summed E-state index contributed by atoms with van der Waals surface area (Å²) in [5, 5.41) is 3.33. The summed E-state index contributed by atoms with van der Waals surface area (Å²) in [6, 6.07) is 6.23. The monoisotopic (exact) mass is 297 g/mol. The first-order chi connectivity index (χ1) is 10.7. The van der Waals surface area contributed by atoms with Crippen molar-refractivity contribution >= 4 is 22.7 Å². The van der Waals surface area contributed by atoms with Gasteiger partial charge in [0.05, 0.1) is 12.9 Å². The molecule has 0 unspecified atom stereocenters. The van der Waals surface area contributed by atoms with Crippen LogP contribution in [0.15, 0.2) is 30.9 Å². The van der Waals surface area contributed by atoms with Crippen molar-refractivity contribution in [2.24, 2.45) is 0 Å². The largest absolute Gasteiger partial charge is 0.383 e. The minimum Gasteiger partial charge on any atom is -0.383 e. The second-order valence-electron chi connectivity index (χ2n) is 5.25. The van der Waals surface area contributed by atoms with Crippen LogP contribution in [0.5, 0.6) is 0 Å². The Bertz CT molecular complexity index is 796. The van der Waals surface area contributed by atoms with E-state index in [9.17, 15) is 0 Å². The number of fused-ring (bicyclic) bond motifs is 1. The molecule has 0 fully saturated rings. The Morgan fingerprint density at radius 3 is 2.77 bits per heavy atom. The Balaban J connectivity index is 1.93. The second kappa shape index (κ2) is 6.11. The third kappa shape index (κ3) is 2.78. The van der Waals surface area contributed by atoms with Crippen LogP contribution in [0.2, 0.25) is 0 Å². The highest BCUT2D eigenvalue weighted by atomic mass is 16.5. The number of ether oxygens (including phenoxy) is 1. The van der Waals surface area contributed by atoms with Gasteiger partial charge in [-0.2, -0.15) is 0 Å². The van der Waals surface area contributed by atoms with Crippen molar-refractivity contribution < 1.29 is 4.74 Å². The zero-order chi connectivity index (χ0) is 15.5. The summed E-state index contributed by atoms with van der Waals surface area (Å²) in [6.07, 6.45) is 3.32. The van der Waals surface area contributed by atoms with Gasteiger partial charge in [-0.1, -0.05) is 6.07 Å². The summed E-state index contributed by atoms with van der Waals surface area (Å²) in [4.78, 5) is 13.1. The highest BCUT2D eigenvalue weighted by Crippen LogP contribution is 2.23. The maximum Gasteiger partial charge on any atom is 0.165 e. The van der Waals surface area contributed by atoms with Crippen LogP contribution in [0.25, 0.3) is 11.2 Å². The molecule has 2 heterocycles. The van der Waals surface area contributed by atoms with E-state index in [4.69, 9.17) is 4.74 Å². The van der Waals surface area contributed by atoms with E-state index in [1.165, 1.54) is 11.1 Å². The minimum atomic E-state index is 0.620. The molecule has 0 bridgehead atoms. The number of methoxy groups -OCH3 is 1. The van der Waals surface area contributed by atoms with Gasteiger partial charge in [-0.15, -0.1) is 0 Å². The number of hydrogen-bond acceptors (Lipinski definition) is 5. The van der Waals surface area contributed by atoms with Crippen LogP contribution in [-0.2, 0) is 11.3 Å². The van der Waals surface area contributed by atoms with Gasteiger partial charge in [0.1, 0.15) is 6.33 Å². The molecule has 6 nitrogen and oxygen atoms in total. The lowest BCUT2D eigenvalue weighted by Gasteiger charge is -2.08. The van der Waals surface area contributed by atoms with Gasteiger partial charge in [0.2, 0.25) is 0 Å². The van der Waals surface area contributed by atoms with Crippen molar-refractivity contribution in [1.29, 1.82) is 0 Å². The molecule has 0 atom stereocenters. The molecule has 1 N–H and O–H groups in total. The quantitative estimate of drug-likeness (QED) is 0.784. The van der Waals surface area contributed by atoms with E-state index < -0.39 is 0 Å². The molecule has 0 aliphatic carbocycles. The van der Waals surface area contributed by atoms with Crippen molar-refractivity contribution in [2.45, 2.75) is 20.4 Å². The van der Waals surface area contributed by atoms with Crippen LogP contribution in [0.1, 0.15) is 11.1 Å². The lowest BCUT2D eigenvalue weighted by Crippen LogP contribution is -2.04. The van der Waals surface area contributed by atoms with Crippen LogP contribution >= 0.6 is 0 Å². The van der Waals surface area contributed by atoms with Gasteiger partial charge in [-0.3, -0.25) is 0 Å². The Morgan fingerprint density at radius 2 is 2.00 bits per heavy atom. The van der Waals surface area contributed by atoms with Gasteiger partial charge in [0.25, 0.3) is 0 Å². The number of rotatable bonds is 5. The number of anilines is 2. The molecule has 0 spiro atoms. The molecule has 2 aromatic heterocycles. The molecule has 0 aliphatic heterocycles. The average Bonchev–Trinajstić information content (AvgIpc) is 2.93. The summed E-state index contributed by atoms with van der Waals surface area (Å²) in [5.41, 5.74) is 5.06. The van der Waals surface area contributed by atoms with Gasteiger partial charge in [-0.05, 0) is 37.1 Å². The smallest absolute Gasteiger partial charge is 0.165 e. The number of hydrogen-bond donors (Lipinski definition) is 1. The number of nitrogens with zero attached hydrogens (tertiary/aromatic N) is 4. The highest BCUT2D eigenvalue weighted by molar-refractivity contribution is 5.85. The third-order valence-electron chi connectivity index (χ3n) is 3.71. The van der Waals surface area contributed by atoms with Crippen LogP contribution < -0.4 is 5.32 Å². The molecule has 6 heteroatoms. The second-order valence-corrected chi connectivity index (χ2v) is 5.25. The van der Waals surface area contributed by atoms with Crippen LogP contribution in [0.4, 0.5) is 11.5 Å². The van der Waals surface area contributed by atoms with Crippen molar-refractivity contribution in [3.05, 3.63) is 42.0 Å². The van der Waals surface area contributed by atoms with Crippen molar-refractivity contribution in [3.63, 3.8) is 0 Å². The van der Waals surface area contributed by atoms with Gasteiger partial charge in [-0.25, -0.2) is 15.0 Å². The molecule has 22 heavy (non-hydrogen) atoms. The first-order valence-corrected chi connectivity index (χ1v) is 7.18. The van der Waals surface area contributed by atoms with Crippen molar-refractivity contribution in [1.82, 2.24) is 19.5 Å². The Kier molecular flexibility index (Phi) is 4.02. The van der Waals surface area contributed by atoms with E-state index in [1.807, 2.05) is 10.6 Å². The molecule has 0 saturated heterocycles. The number of nitrogens with one attached hydrogen (secondary N) is 1. The fraction of sp³-hybridized carbons (Fsp3) is 0.312. The summed E-state index contributed by atoms with van der Waals surface area (Å²) in [6.45, 7) is 5.53. The molecule has 3 aromatic rings. The van der Waals surface area contributed by atoms with E-state index in [1.54, 1.807) is 19.8 Å². The summed E-state index contributed by atoms with van der Waals surface area (Å²) in [7, 11) is 1.68. The van der Waals surface area contributed by atoms with Crippen molar-refractivity contribution in [2.75, 3.05) is 19.0 Å². The molecule has 0 saturated carbocycles. The predicted molar refractivity (Wildman–Crippen MR) is 86.4 cm³/mol. The maximum atomic E-state index is 5.11. The number of aryl methyl sites for hydroxylation is 2. The molecule has 0 aliphatic rings. The van der Waals surface area contributed by atoms with E-state index in [-0.39, 0.29) is 0 Å². The van der Waals surface area contributed by atoms with Gasteiger partial charge in [0, 0.05) is 19.3 Å². The first kappa shape index (κ1) is 14.5. The van der Waals surface area contributed by atoms with E-state index in [0.29, 0.717) is 19.0 Å². The minimum absolute atomic E-state index is 0.620. The molecular weight excluding hydrogens is 278 g/mol. The zero-order valence-electron chi connectivity index (χ0n) is 13.0. The van der Waals surface area contributed by atoms with E-state index in [2.05, 4.69) is 46.2 Å². The summed E-state index contributed by atoms with van der Waals surface area (Å²) >= 11 is 0. The molecule has 114 valence electrons. The standard InChI is InChI=1S/C16H19N5O/c1-11-4-5-13(8-12(11)2)20-15-14-16(18-9-17-15)21(10-19-14)6-7-22-3/h4-5,8-10H,6-7H2,1-3H3,(H,17,18,20). The number of benzene rings is 1. The summed E-state index contributed by atoms with van der Waals surface area (Å²) in [5.74, 6) is 0.712. The lowest BCUT2D eigenvalue weighted by atomic mass is 10.1. The van der Waals surface area contributed by atoms with Crippen LogP contribution in [0.3, 0.4) is 0 Å². The molecule has 1 aromatic carbocycles. The normalized spacial score (nSPS) is 11.0. The SMILES string of the molecule is COCCn1cnc2c(Nc3ccc(C)c(C)c3)ncnc21. The lowest BCUT2D eigenvalue weighted by molar-refractivity contribution is 0.188. The number of imidazole rings is 1. The van der Waals surface area contributed by atoms with Gasteiger partial charge >= 0.3 is 0 Å². The molecule has 3 rings (SSSR count). The average molecular weight is 297 g/mol. The number of aromatic nitrogens is 4. The molecular formula is C16H19N5O. The van der Waals surface area contributed by atoms with Crippen LogP contribution in [0, 0.1) is 13.8 Å². The fourth-order valence-corrected chi connectivity index (χ4v) is 2.28. The Labute approximate surface area is 129 Å². The highest BCUT2D eigenvalue weighted by Gasteiger charge is 2.10. The van der Waals surface area contributed by atoms with E-state index in [0.717, 1.165) is 16.9 Å². The molecule has 0 amide bonds. The topological polar surface area (TPSA) is 64.9 Å². The van der Waals surface area contributed by atoms with Gasteiger partial charge < -0.3 is 14.6 Å².